The molecule has 4 rings (SSSR count). The van der Waals surface area contributed by atoms with E-state index in [0.717, 1.165) is 17.7 Å². The summed E-state index contributed by atoms with van der Waals surface area (Å²) < 4.78 is 49.7. The molecule has 25 heavy (non-hydrogen) atoms. The molecule has 0 bridgehead atoms. The lowest BCUT2D eigenvalue weighted by atomic mass is 10.1. The van der Waals surface area contributed by atoms with Crippen LogP contribution in [-0.4, -0.2) is 12.1 Å². The molecule has 0 saturated carbocycles. The van der Waals surface area contributed by atoms with Crippen molar-refractivity contribution in [1.82, 2.24) is 4.98 Å². The van der Waals surface area contributed by atoms with Crippen LogP contribution in [0.15, 0.2) is 59.0 Å². The zero-order chi connectivity index (χ0) is 17.6. The monoisotopic (exact) mass is 343 g/mol. The Morgan fingerprint density at radius 1 is 1.00 bits per heavy atom. The van der Waals surface area contributed by atoms with Crippen LogP contribution in [0.1, 0.15) is 5.56 Å². The summed E-state index contributed by atoms with van der Waals surface area (Å²) in [5.74, 6) is 0.425. The fraction of sp³-hybridized carbons (Fsp3) is 0.105. The second-order valence-electron chi connectivity index (χ2n) is 5.56. The summed E-state index contributed by atoms with van der Waals surface area (Å²) in [5.41, 5.74) is 1.71. The lowest BCUT2D eigenvalue weighted by molar-refractivity contribution is -0.137. The van der Waals surface area contributed by atoms with Gasteiger partial charge in [0.2, 0.25) is 0 Å². The van der Waals surface area contributed by atoms with E-state index in [1.807, 2.05) is 30.3 Å². The summed E-state index contributed by atoms with van der Waals surface area (Å²) in [7, 11) is 1.48. The van der Waals surface area contributed by atoms with Crippen molar-refractivity contribution in [1.29, 1.82) is 0 Å². The van der Waals surface area contributed by atoms with E-state index in [1.54, 1.807) is 6.07 Å². The van der Waals surface area contributed by atoms with E-state index >= 15 is 0 Å². The molecule has 6 heteroatoms. The largest absolute Gasteiger partial charge is 0.493 e. The van der Waals surface area contributed by atoms with E-state index in [-0.39, 0.29) is 5.58 Å². The number of fused-ring (bicyclic) bond motifs is 3. The summed E-state index contributed by atoms with van der Waals surface area (Å²) in [4.78, 5) is 4.58. The van der Waals surface area contributed by atoms with Crippen LogP contribution in [0.5, 0.6) is 5.75 Å². The molecule has 4 aromatic rings. The number of methoxy groups -OCH3 is 1. The Morgan fingerprint density at radius 2 is 1.76 bits per heavy atom. The molecule has 0 spiro atoms. The number of pyridine rings is 1. The summed E-state index contributed by atoms with van der Waals surface area (Å²) in [6, 6.07) is 14.6. The van der Waals surface area contributed by atoms with Crippen molar-refractivity contribution >= 4 is 22.1 Å². The van der Waals surface area contributed by atoms with E-state index in [0.29, 0.717) is 27.9 Å². The summed E-state index contributed by atoms with van der Waals surface area (Å²) in [6.45, 7) is 0. The van der Waals surface area contributed by atoms with Crippen LogP contribution in [-0.2, 0) is 6.18 Å². The molecule has 126 valence electrons. The maximum atomic E-state index is 12.9. The van der Waals surface area contributed by atoms with Gasteiger partial charge in [0, 0.05) is 17.0 Å². The number of hydrogen-bond acceptors (Lipinski definition) is 3. The quantitative estimate of drug-likeness (QED) is 0.470. The normalized spacial score (nSPS) is 12.0. The van der Waals surface area contributed by atoms with Crippen molar-refractivity contribution in [3.8, 4) is 17.0 Å². The van der Waals surface area contributed by atoms with Crippen molar-refractivity contribution in [2.75, 3.05) is 7.11 Å². The lowest BCUT2D eigenvalue weighted by Crippen LogP contribution is -2.03. The minimum Gasteiger partial charge on any atom is -0.493 e. The van der Waals surface area contributed by atoms with Gasteiger partial charge in [-0.25, -0.2) is 4.98 Å². The van der Waals surface area contributed by atoms with Crippen molar-refractivity contribution in [3.63, 3.8) is 0 Å². The number of ether oxygens (including phenoxy) is 1. The molecule has 2 heterocycles. The third-order valence-corrected chi connectivity index (χ3v) is 4.00. The van der Waals surface area contributed by atoms with Crippen LogP contribution in [0.25, 0.3) is 33.3 Å². The Kier molecular flexibility index (Phi) is 3.42. The highest BCUT2D eigenvalue weighted by molar-refractivity contribution is 6.05. The van der Waals surface area contributed by atoms with Crippen molar-refractivity contribution < 1.29 is 22.3 Å². The molecule has 2 aromatic heterocycles. The topological polar surface area (TPSA) is 35.3 Å². The summed E-state index contributed by atoms with van der Waals surface area (Å²) in [6.07, 6.45) is -4.43. The first kappa shape index (κ1) is 15.5. The maximum absolute atomic E-state index is 12.9. The van der Waals surface area contributed by atoms with Crippen molar-refractivity contribution in [3.05, 3.63) is 60.2 Å². The van der Waals surface area contributed by atoms with E-state index in [1.165, 1.54) is 13.2 Å². The fourth-order valence-corrected chi connectivity index (χ4v) is 2.79. The molecule has 0 aliphatic carbocycles. The highest BCUT2D eigenvalue weighted by Gasteiger charge is 2.31. The molecule has 0 fully saturated rings. The second kappa shape index (κ2) is 5.51. The van der Waals surface area contributed by atoms with Crippen LogP contribution < -0.4 is 4.74 Å². The fourth-order valence-electron chi connectivity index (χ4n) is 2.79. The van der Waals surface area contributed by atoms with Gasteiger partial charge in [-0.2, -0.15) is 13.2 Å². The van der Waals surface area contributed by atoms with Gasteiger partial charge < -0.3 is 9.15 Å². The number of alkyl halides is 3. The van der Waals surface area contributed by atoms with Gasteiger partial charge in [0.15, 0.2) is 11.3 Å². The predicted octanol–water partition coefficient (Wildman–Crippen LogP) is 5.68. The Hall–Kier alpha value is -3.02. The number of rotatable bonds is 2. The van der Waals surface area contributed by atoms with Gasteiger partial charge in [-0.05, 0) is 18.2 Å². The average molecular weight is 343 g/mol. The highest BCUT2D eigenvalue weighted by atomic mass is 19.4. The van der Waals surface area contributed by atoms with Gasteiger partial charge in [0.05, 0.1) is 18.4 Å². The first-order chi connectivity index (χ1) is 12.0. The Labute approximate surface area is 140 Å². The van der Waals surface area contributed by atoms with Crippen LogP contribution in [0.4, 0.5) is 13.2 Å². The van der Waals surface area contributed by atoms with Crippen molar-refractivity contribution in [2.45, 2.75) is 6.18 Å². The summed E-state index contributed by atoms with van der Waals surface area (Å²) >= 11 is 0. The third-order valence-electron chi connectivity index (χ3n) is 4.00. The maximum Gasteiger partial charge on any atom is 0.416 e. The zero-order valence-electron chi connectivity index (χ0n) is 13.1. The summed E-state index contributed by atoms with van der Waals surface area (Å²) in [5, 5.41) is 0.513. The standard InChI is InChI=1S/C19H12F3NO2/c1-24-16-10-14(11-5-3-2-4-6-11)23-17-13-8-7-12(19(20,21)22)9-15(13)25-18(16)17/h2-10H,1H3. The molecular formula is C19H12F3NO2. The minimum atomic E-state index is -4.43. The number of hydrogen-bond donors (Lipinski definition) is 0. The van der Waals surface area contributed by atoms with E-state index < -0.39 is 11.7 Å². The van der Waals surface area contributed by atoms with Gasteiger partial charge in [-0.15, -0.1) is 0 Å². The van der Waals surface area contributed by atoms with Crippen molar-refractivity contribution in [2.24, 2.45) is 0 Å². The zero-order valence-corrected chi connectivity index (χ0v) is 13.1. The van der Waals surface area contributed by atoms with E-state index in [9.17, 15) is 13.2 Å². The van der Waals surface area contributed by atoms with E-state index in [4.69, 9.17) is 9.15 Å². The molecule has 0 N–H and O–H groups in total. The van der Waals surface area contributed by atoms with Gasteiger partial charge in [0.1, 0.15) is 11.1 Å². The van der Waals surface area contributed by atoms with E-state index in [2.05, 4.69) is 4.98 Å². The second-order valence-corrected chi connectivity index (χ2v) is 5.56. The number of nitrogens with zero attached hydrogens (tertiary/aromatic N) is 1. The molecule has 0 atom stereocenters. The first-order valence-corrected chi connectivity index (χ1v) is 7.51. The van der Waals surface area contributed by atoms with Gasteiger partial charge in [-0.1, -0.05) is 30.3 Å². The number of benzene rings is 2. The van der Waals surface area contributed by atoms with Gasteiger partial charge >= 0.3 is 6.18 Å². The highest BCUT2D eigenvalue weighted by Crippen LogP contribution is 2.38. The third kappa shape index (κ3) is 2.59. The molecule has 0 amide bonds. The number of halogens is 3. The Balaban J connectivity index is 2.00. The molecule has 0 aliphatic heterocycles. The van der Waals surface area contributed by atoms with Crippen LogP contribution in [0, 0.1) is 0 Å². The average Bonchev–Trinajstić information content (AvgIpc) is 2.98. The number of aromatic nitrogens is 1. The Morgan fingerprint density at radius 3 is 2.44 bits per heavy atom. The Bertz CT molecular complexity index is 1070. The van der Waals surface area contributed by atoms with Crippen LogP contribution >= 0.6 is 0 Å². The smallest absolute Gasteiger partial charge is 0.416 e. The van der Waals surface area contributed by atoms with Crippen LogP contribution in [0.2, 0.25) is 0 Å². The molecule has 0 aliphatic rings. The number of furan rings is 1. The molecule has 3 nitrogen and oxygen atoms in total. The molecular weight excluding hydrogens is 331 g/mol. The van der Waals surface area contributed by atoms with Gasteiger partial charge in [0.25, 0.3) is 0 Å². The minimum absolute atomic E-state index is 0.126. The van der Waals surface area contributed by atoms with Crippen LogP contribution in [0.3, 0.4) is 0 Å². The van der Waals surface area contributed by atoms with Gasteiger partial charge in [-0.3, -0.25) is 0 Å². The SMILES string of the molecule is COc1cc(-c2ccccc2)nc2c1oc1cc(C(F)(F)F)ccc12. The molecule has 0 unspecified atom stereocenters. The first-order valence-electron chi connectivity index (χ1n) is 7.51. The predicted molar refractivity (Wildman–Crippen MR) is 88.5 cm³/mol. The molecule has 2 aromatic carbocycles. The lowest BCUT2D eigenvalue weighted by Gasteiger charge is -2.05. The molecule has 0 saturated heterocycles. The molecule has 0 radical (unpaired) electrons.